The van der Waals surface area contributed by atoms with Gasteiger partial charge in [0.1, 0.15) is 0 Å². The molecule has 0 bridgehead atoms. The minimum Gasteiger partial charge on any atom is -0.478 e. The molecule has 0 aliphatic rings. The van der Waals surface area contributed by atoms with Crippen LogP contribution in [-0.2, 0) is 16.6 Å². The van der Waals surface area contributed by atoms with E-state index in [0.29, 0.717) is 11.3 Å². The van der Waals surface area contributed by atoms with Crippen molar-refractivity contribution in [1.29, 1.82) is 0 Å². The summed E-state index contributed by atoms with van der Waals surface area (Å²) in [5.41, 5.74) is 0.822. The number of hydrogen-bond donors (Lipinski definition) is 3. The summed E-state index contributed by atoms with van der Waals surface area (Å²) < 4.78 is 27.0. The quantitative estimate of drug-likeness (QED) is 0.783. The lowest BCUT2D eigenvalue weighted by molar-refractivity contribution is 0.0696. The average molecular weight is 329 g/mol. The molecule has 6 nitrogen and oxygen atoms in total. The Morgan fingerprint density at radius 2 is 2.14 bits per heavy atom. The first kappa shape index (κ1) is 15.6. The molecule has 0 amide bonds. The van der Waals surface area contributed by atoms with E-state index in [-0.39, 0.29) is 22.0 Å². The van der Waals surface area contributed by atoms with Crippen LogP contribution < -0.4 is 4.72 Å². The molecule has 21 heavy (non-hydrogen) atoms. The highest BCUT2D eigenvalue weighted by atomic mass is 35.5. The van der Waals surface area contributed by atoms with E-state index in [4.69, 9.17) is 16.7 Å². The first-order chi connectivity index (χ1) is 9.81. The number of carboxylic acids is 1. The van der Waals surface area contributed by atoms with Crippen molar-refractivity contribution in [3.05, 3.63) is 52.3 Å². The van der Waals surface area contributed by atoms with Gasteiger partial charge >= 0.3 is 5.97 Å². The van der Waals surface area contributed by atoms with E-state index in [2.05, 4.69) is 9.71 Å². The Morgan fingerprint density at radius 1 is 1.43 bits per heavy atom. The van der Waals surface area contributed by atoms with E-state index in [9.17, 15) is 13.2 Å². The number of H-pyrrole nitrogens is 1. The summed E-state index contributed by atoms with van der Waals surface area (Å²) in [6.45, 7) is 1.60. The van der Waals surface area contributed by atoms with Crippen LogP contribution in [0.25, 0.3) is 0 Å². The van der Waals surface area contributed by atoms with Gasteiger partial charge in [-0.25, -0.2) is 17.9 Å². The first-order valence-electron chi connectivity index (χ1n) is 5.96. The highest BCUT2D eigenvalue weighted by Gasteiger charge is 2.21. The molecule has 0 radical (unpaired) electrons. The van der Waals surface area contributed by atoms with Crippen LogP contribution in [0.3, 0.4) is 0 Å². The zero-order valence-corrected chi connectivity index (χ0v) is 12.6. The Balaban J connectivity index is 2.37. The highest BCUT2D eigenvalue weighted by molar-refractivity contribution is 7.89. The molecule has 0 aliphatic heterocycles. The number of aromatic amines is 1. The predicted octanol–water partition coefficient (Wildman–Crippen LogP) is 2.15. The SMILES string of the molecule is Cc1c(Cl)cc(C(=O)O)cc1S(=O)(=O)NCc1ccc[nH]1. The standard InChI is InChI=1S/C13H13ClN2O4S/c1-8-11(14)5-9(13(17)18)6-12(8)21(19,20)16-7-10-3-2-4-15-10/h2-6,15-16H,7H2,1H3,(H,17,18). The third-order valence-corrected chi connectivity index (χ3v) is 4.87. The lowest BCUT2D eigenvalue weighted by Gasteiger charge is -2.11. The van der Waals surface area contributed by atoms with E-state index >= 15 is 0 Å². The second-order valence-electron chi connectivity index (χ2n) is 4.41. The van der Waals surface area contributed by atoms with Gasteiger partial charge in [0, 0.05) is 16.9 Å². The van der Waals surface area contributed by atoms with E-state index in [1.54, 1.807) is 18.3 Å². The molecular weight excluding hydrogens is 316 g/mol. The number of halogens is 1. The van der Waals surface area contributed by atoms with Gasteiger partial charge in [0.15, 0.2) is 0 Å². The molecule has 112 valence electrons. The summed E-state index contributed by atoms with van der Waals surface area (Å²) in [4.78, 5) is 13.7. The molecule has 0 spiro atoms. The summed E-state index contributed by atoms with van der Waals surface area (Å²) in [7, 11) is -3.86. The Morgan fingerprint density at radius 3 is 2.71 bits per heavy atom. The Labute approximate surface area is 126 Å². The third kappa shape index (κ3) is 3.44. The topological polar surface area (TPSA) is 99.3 Å². The number of sulfonamides is 1. The maximum atomic E-state index is 12.3. The fourth-order valence-electron chi connectivity index (χ4n) is 1.78. The molecule has 2 rings (SSSR count). The van der Waals surface area contributed by atoms with Crippen molar-refractivity contribution in [2.45, 2.75) is 18.4 Å². The molecule has 0 unspecified atom stereocenters. The monoisotopic (exact) mass is 328 g/mol. The van der Waals surface area contributed by atoms with Crippen LogP contribution in [0.4, 0.5) is 0 Å². The van der Waals surface area contributed by atoms with Gasteiger partial charge in [-0.3, -0.25) is 0 Å². The van der Waals surface area contributed by atoms with Gasteiger partial charge in [0.05, 0.1) is 17.0 Å². The second kappa shape index (κ2) is 5.88. The van der Waals surface area contributed by atoms with Crippen LogP contribution in [0, 0.1) is 6.92 Å². The molecule has 1 heterocycles. The minimum absolute atomic E-state index is 0.0731. The van der Waals surface area contributed by atoms with E-state index in [1.165, 1.54) is 13.0 Å². The number of carbonyl (C=O) groups is 1. The fourth-order valence-corrected chi connectivity index (χ4v) is 3.36. The zero-order chi connectivity index (χ0) is 15.6. The fraction of sp³-hybridized carbons (Fsp3) is 0.154. The van der Waals surface area contributed by atoms with Gasteiger partial charge in [-0.2, -0.15) is 0 Å². The van der Waals surface area contributed by atoms with Gasteiger partial charge in [0.2, 0.25) is 10.0 Å². The van der Waals surface area contributed by atoms with Crippen LogP contribution in [-0.4, -0.2) is 24.5 Å². The van der Waals surface area contributed by atoms with Crippen molar-refractivity contribution in [3.63, 3.8) is 0 Å². The Kier molecular flexibility index (Phi) is 4.36. The molecule has 0 atom stereocenters. The largest absolute Gasteiger partial charge is 0.478 e. The maximum absolute atomic E-state index is 12.3. The second-order valence-corrected chi connectivity index (χ2v) is 6.55. The lowest BCUT2D eigenvalue weighted by atomic mass is 10.1. The number of rotatable bonds is 5. The molecule has 0 saturated heterocycles. The van der Waals surface area contributed by atoms with Crippen LogP contribution in [0.5, 0.6) is 0 Å². The molecule has 0 fully saturated rings. The molecule has 2 aromatic rings. The summed E-state index contributed by atoms with van der Waals surface area (Å²) in [6.07, 6.45) is 1.68. The molecule has 0 aliphatic carbocycles. The lowest BCUT2D eigenvalue weighted by Crippen LogP contribution is -2.24. The smallest absolute Gasteiger partial charge is 0.335 e. The van der Waals surface area contributed by atoms with Crippen molar-refractivity contribution in [3.8, 4) is 0 Å². The number of aromatic nitrogens is 1. The van der Waals surface area contributed by atoms with Crippen molar-refractivity contribution in [2.75, 3.05) is 0 Å². The van der Waals surface area contributed by atoms with Crippen molar-refractivity contribution in [1.82, 2.24) is 9.71 Å². The average Bonchev–Trinajstić information content (AvgIpc) is 2.92. The number of carboxylic acid groups (broad SMARTS) is 1. The van der Waals surface area contributed by atoms with Gasteiger partial charge in [0.25, 0.3) is 0 Å². The number of aromatic carboxylic acids is 1. The molecule has 1 aromatic heterocycles. The van der Waals surface area contributed by atoms with Crippen LogP contribution in [0.15, 0.2) is 35.4 Å². The first-order valence-corrected chi connectivity index (χ1v) is 7.83. The normalized spacial score (nSPS) is 11.5. The molecule has 1 aromatic carbocycles. The predicted molar refractivity (Wildman–Crippen MR) is 78.0 cm³/mol. The Hall–Kier alpha value is -1.83. The summed E-state index contributed by atoms with van der Waals surface area (Å²) in [5.74, 6) is -1.24. The van der Waals surface area contributed by atoms with E-state index < -0.39 is 16.0 Å². The van der Waals surface area contributed by atoms with Gasteiger partial charge in [-0.1, -0.05) is 11.6 Å². The molecule has 8 heteroatoms. The summed E-state index contributed by atoms with van der Waals surface area (Å²) in [6, 6.07) is 5.80. The third-order valence-electron chi connectivity index (χ3n) is 2.95. The summed E-state index contributed by atoms with van der Waals surface area (Å²) >= 11 is 5.91. The van der Waals surface area contributed by atoms with Gasteiger partial charge < -0.3 is 10.1 Å². The van der Waals surface area contributed by atoms with Crippen molar-refractivity contribution in [2.24, 2.45) is 0 Å². The number of nitrogens with one attached hydrogen (secondary N) is 2. The number of hydrogen-bond acceptors (Lipinski definition) is 3. The highest BCUT2D eigenvalue weighted by Crippen LogP contribution is 2.25. The molecular formula is C13H13ClN2O4S. The van der Waals surface area contributed by atoms with Crippen LogP contribution in [0.2, 0.25) is 5.02 Å². The van der Waals surface area contributed by atoms with E-state index in [0.717, 1.165) is 6.07 Å². The maximum Gasteiger partial charge on any atom is 0.335 e. The van der Waals surface area contributed by atoms with Crippen molar-refractivity contribution >= 4 is 27.6 Å². The minimum atomic E-state index is -3.86. The van der Waals surface area contributed by atoms with Crippen molar-refractivity contribution < 1.29 is 18.3 Å². The molecule has 0 saturated carbocycles. The van der Waals surface area contributed by atoms with Gasteiger partial charge in [-0.05, 0) is 36.8 Å². The van der Waals surface area contributed by atoms with Gasteiger partial charge in [-0.15, -0.1) is 0 Å². The van der Waals surface area contributed by atoms with E-state index in [1.807, 2.05) is 0 Å². The molecule has 3 N–H and O–H groups in total. The van der Waals surface area contributed by atoms with Crippen LogP contribution in [0.1, 0.15) is 21.6 Å². The zero-order valence-electron chi connectivity index (χ0n) is 11.1. The summed E-state index contributed by atoms with van der Waals surface area (Å²) in [5, 5.41) is 9.08. The Bertz CT molecular complexity index is 770. The van der Waals surface area contributed by atoms with Crippen LogP contribution >= 0.6 is 11.6 Å². The number of benzene rings is 1.